The molecule has 1 aromatic heterocycles. The molecule has 0 aliphatic carbocycles. The Bertz CT molecular complexity index is 1280. The van der Waals surface area contributed by atoms with Crippen LogP contribution < -0.4 is 9.80 Å². The number of aliphatic hydroxyl groups excluding tert-OH is 2. The van der Waals surface area contributed by atoms with Gasteiger partial charge in [0.1, 0.15) is 11.6 Å². The Morgan fingerprint density at radius 2 is 1.97 bits per heavy atom. The Morgan fingerprint density at radius 1 is 1.22 bits per heavy atom. The van der Waals surface area contributed by atoms with E-state index in [1.807, 2.05) is 43.9 Å². The number of benzene rings is 2. The summed E-state index contributed by atoms with van der Waals surface area (Å²) in [5.41, 5.74) is 2.64. The van der Waals surface area contributed by atoms with Gasteiger partial charge in [-0.15, -0.1) is 0 Å². The number of nitrogens with zero attached hydrogens (tertiary/aromatic N) is 3. The van der Waals surface area contributed by atoms with Gasteiger partial charge < -0.3 is 20.0 Å². The molecule has 8 heteroatoms. The van der Waals surface area contributed by atoms with E-state index in [2.05, 4.69) is 4.98 Å². The molecule has 0 bridgehead atoms. The molecule has 4 rings (SSSR count). The lowest BCUT2D eigenvalue weighted by Gasteiger charge is -2.32. The van der Waals surface area contributed by atoms with Crippen molar-refractivity contribution in [3.8, 4) is 11.1 Å². The first-order valence-electron chi connectivity index (χ1n) is 11.9. The summed E-state index contributed by atoms with van der Waals surface area (Å²) >= 11 is 6.20. The van der Waals surface area contributed by atoms with Crippen molar-refractivity contribution in [2.75, 3.05) is 30.0 Å². The lowest BCUT2D eigenvalue weighted by molar-refractivity contribution is -0.122. The third-order valence-electron chi connectivity index (χ3n) is 6.99. The maximum Gasteiger partial charge on any atom is 0.236 e. The quantitative estimate of drug-likeness (QED) is 0.500. The van der Waals surface area contributed by atoms with Crippen molar-refractivity contribution in [2.24, 2.45) is 0 Å². The first-order chi connectivity index (χ1) is 17.0. The van der Waals surface area contributed by atoms with Crippen molar-refractivity contribution in [1.82, 2.24) is 4.98 Å². The molecule has 1 amide bonds. The Morgan fingerprint density at radius 3 is 2.64 bits per heavy atom. The van der Waals surface area contributed by atoms with Crippen molar-refractivity contribution < 1.29 is 19.4 Å². The van der Waals surface area contributed by atoms with Gasteiger partial charge >= 0.3 is 0 Å². The number of anilines is 2. The van der Waals surface area contributed by atoms with E-state index >= 15 is 0 Å². The van der Waals surface area contributed by atoms with Gasteiger partial charge in [-0.2, -0.15) is 0 Å². The summed E-state index contributed by atoms with van der Waals surface area (Å²) in [5.74, 6) is 0.0646. The van der Waals surface area contributed by atoms with Crippen LogP contribution in [0, 0.1) is 12.7 Å². The first-order valence-corrected chi connectivity index (χ1v) is 12.3. The van der Waals surface area contributed by atoms with Crippen LogP contribution in [-0.2, 0) is 10.2 Å². The molecule has 2 heterocycles. The Balaban J connectivity index is 1.81. The van der Waals surface area contributed by atoms with Gasteiger partial charge in [-0.1, -0.05) is 29.8 Å². The predicted molar refractivity (Wildman–Crippen MR) is 141 cm³/mol. The van der Waals surface area contributed by atoms with Gasteiger partial charge in [-0.05, 0) is 74.2 Å². The van der Waals surface area contributed by atoms with Gasteiger partial charge in [0.15, 0.2) is 0 Å². The van der Waals surface area contributed by atoms with Crippen LogP contribution in [0.25, 0.3) is 11.1 Å². The summed E-state index contributed by atoms with van der Waals surface area (Å²) in [6.45, 7) is 5.74. The van der Waals surface area contributed by atoms with Crippen molar-refractivity contribution in [2.45, 2.75) is 44.8 Å². The molecule has 2 atom stereocenters. The SMILES string of the molecule is Cc1cc(F)ccc1-c1cc(N2CC(O)CC2CO)ncc1N(C)C(=O)C(C)(C)c1cccc(Cl)c1. The minimum Gasteiger partial charge on any atom is -0.394 e. The fourth-order valence-corrected chi connectivity index (χ4v) is 5.07. The van der Waals surface area contributed by atoms with E-state index in [9.17, 15) is 19.4 Å². The average molecular weight is 512 g/mol. The lowest BCUT2D eigenvalue weighted by Crippen LogP contribution is -2.42. The van der Waals surface area contributed by atoms with Gasteiger partial charge in [0.25, 0.3) is 0 Å². The van der Waals surface area contributed by atoms with E-state index in [0.29, 0.717) is 40.6 Å². The van der Waals surface area contributed by atoms with Gasteiger partial charge in [0.05, 0.1) is 36.1 Å². The minimum absolute atomic E-state index is 0.113. The van der Waals surface area contributed by atoms with E-state index in [1.54, 1.807) is 36.3 Å². The summed E-state index contributed by atoms with van der Waals surface area (Å²) in [6.07, 6.45) is 1.50. The largest absolute Gasteiger partial charge is 0.394 e. The number of carbonyl (C=O) groups is 1. The molecule has 1 fully saturated rings. The minimum atomic E-state index is -0.880. The second kappa shape index (κ2) is 10.2. The van der Waals surface area contributed by atoms with Gasteiger partial charge in [0.2, 0.25) is 5.91 Å². The predicted octanol–water partition coefficient (Wildman–Crippen LogP) is 4.72. The van der Waals surface area contributed by atoms with E-state index in [-0.39, 0.29) is 24.4 Å². The zero-order valence-electron chi connectivity index (χ0n) is 20.9. The van der Waals surface area contributed by atoms with Crippen LogP contribution in [0.2, 0.25) is 5.02 Å². The van der Waals surface area contributed by atoms with Crippen molar-refractivity contribution in [3.05, 3.63) is 76.7 Å². The zero-order valence-corrected chi connectivity index (χ0v) is 21.6. The molecular weight excluding hydrogens is 481 g/mol. The highest BCUT2D eigenvalue weighted by molar-refractivity contribution is 6.30. The summed E-state index contributed by atoms with van der Waals surface area (Å²) in [6, 6.07) is 13.4. The highest BCUT2D eigenvalue weighted by Gasteiger charge is 2.35. The van der Waals surface area contributed by atoms with Crippen LogP contribution in [0.15, 0.2) is 54.7 Å². The number of pyridine rings is 1. The number of likely N-dealkylation sites (N-methyl/N-ethyl adjacent to an activating group) is 1. The fraction of sp³-hybridized carbons (Fsp3) is 0.357. The van der Waals surface area contributed by atoms with Crippen molar-refractivity contribution in [1.29, 1.82) is 0 Å². The molecule has 0 saturated carbocycles. The lowest BCUT2D eigenvalue weighted by atomic mass is 9.83. The number of hydrogen-bond donors (Lipinski definition) is 2. The molecule has 6 nitrogen and oxygen atoms in total. The number of aryl methyl sites for hydroxylation is 1. The van der Waals surface area contributed by atoms with Crippen molar-refractivity contribution >= 4 is 29.0 Å². The molecule has 36 heavy (non-hydrogen) atoms. The Kier molecular flexibility index (Phi) is 7.36. The topological polar surface area (TPSA) is 76.9 Å². The van der Waals surface area contributed by atoms with Crippen LogP contribution >= 0.6 is 11.6 Å². The summed E-state index contributed by atoms with van der Waals surface area (Å²) in [7, 11) is 1.70. The molecule has 2 unspecified atom stereocenters. The van der Waals surface area contributed by atoms with Crippen LogP contribution in [0.3, 0.4) is 0 Å². The third kappa shape index (κ3) is 4.96. The fourth-order valence-electron chi connectivity index (χ4n) is 4.88. The zero-order chi connectivity index (χ0) is 26.2. The smallest absolute Gasteiger partial charge is 0.236 e. The van der Waals surface area contributed by atoms with E-state index in [4.69, 9.17) is 11.6 Å². The van der Waals surface area contributed by atoms with E-state index in [0.717, 1.165) is 11.1 Å². The second-order valence-corrected chi connectivity index (χ2v) is 10.3. The number of carbonyl (C=O) groups excluding carboxylic acids is 1. The molecular formula is C28H31ClFN3O3. The molecule has 1 aliphatic rings. The molecule has 3 aromatic rings. The highest BCUT2D eigenvalue weighted by atomic mass is 35.5. The average Bonchev–Trinajstić information content (AvgIpc) is 3.23. The number of hydrogen-bond acceptors (Lipinski definition) is 5. The maximum atomic E-state index is 13.9. The maximum absolute atomic E-state index is 13.9. The number of halogens is 2. The molecule has 0 spiro atoms. The van der Waals surface area contributed by atoms with Crippen LogP contribution in [-0.4, -0.2) is 53.4 Å². The van der Waals surface area contributed by atoms with E-state index < -0.39 is 11.5 Å². The molecule has 190 valence electrons. The summed E-state index contributed by atoms with van der Waals surface area (Å²) in [5, 5.41) is 20.5. The van der Waals surface area contributed by atoms with Crippen molar-refractivity contribution in [3.63, 3.8) is 0 Å². The molecule has 2 aromatic carbocycles. The molecule has 0 radical (unpaired) electrons. The number of rotatable bonds is 6. The normalized spacial score (nSPS) is 17.9. The van der Waals surface area contributed by atoms with E-state index in [1.165, 1.54) is 12.1 Å². The van der Waals surface area contributed by atoms with Crippen LogP contribution in [0.5, 0.6) is 0 Å². The van der Waals surface area contributed by atoms with Gasteiger partial charge in [-0.3, -0.25) is 4.79 Å². The number of β-amino-alcohol motifs (C(OH)–C–C–N with tert-alkyl or cyclic N) is 1. The Hall–Kier alpha value is -3.00. The summed E-state index contributed by atoms with van der Waals surface area (Å²) < 4.78 is 13.9. The molecule has 2 N–H and O–H groups in total. The molecule has 1 saturated heterocycles. The van der Waals surface area contributed by atoms with Crippen LogP contribution in [0.4, 0.5) is 15.9 Å². The number of amides is 1. The standard InChI is InChI=1S/C28H31ClFN3O3/c1-17-10-20(30)8-9-23(17)24-13-26(33-15-22(35)12-21(33)16-34)31-14-25(24)32(4)27(36)28(2,3)18-6-5-7-19(29)11-18/h5-11,13-14,21-22,34-35H,12,15-16H2,1-4H3. The van der Waals surface area contributed by atoms with Gasteiger partial charge in [0, 0.05) is 24.2 Å². The number of aromatic nitrogens is 1. The summed E-state index contributed by atoms with van der Waals surface area (Å²) in [4.78, 5) is 21.9. The number of aliphatic hydroxyl groups is 2. The highest BCUT2D eigenvalue weighted by Crippen LogP contribution is 2.38. The van der Waals surface area contributed by atoms with Crippen LogP contribution in [0.1, 0.15) is 31.4 Å². The second-order valence-electron chi connectivity index (χ2n) is 9.90. The molecule has 1 aliphatic heterocycles. The third-order valence-corrected chi connectivity index (χ3v) is 7.23. The monoisotopic (exact) mass is 511 g/mol. The first kappa shape index (κ1) is 26.1. The van der Waals surface area contributed by atoms with Gasteiger partial charge in [-0.25, -0.2) is 9.37 Å². The Labute approximate surface area is 216 Å².